The molecule has 1 N–H and O–H groups in total. The molecule has 0 spiro atoms. The van der Waals surface area contributed by atoms with Gasteiger partial charge < -0.3 is 5.11 Å². The smallest absolute Gasteiger partial charge is 0.336 e. The van der Waals surface area contributed by atoms with Gasteiger partial charge in [-0.1, -0.05) is 0 Å². The summed E-state index contributed by atoms with van der Waals surface area (Å²) < 4.78 is 12.4. The van der Waals surface area contributed by atoms with Gasteiger partial charge in [0.2, 0.25) is 0 Å². The van der Waals surface area contributed by atoms with E-state index in [0.717, 1.165) is 0 Å². The quantitative estimate of drug-likeness (QED) is 0.814. The first-order valence-electron chi connectivity index (χ1n) is 5.34. The molecule has 1 aromatic carbocycles. The summed E-state index contributed by atoms with van der Waals surface area (Å²) in [6, 6.07) is 6.69. The third-order valence-corrected chi connectivity index (χ3v) is 4.43. The number of carboxylic acids is 1. The van der Waals surface area contributed by atoms with Crippen molar-refractivity contribution < 1.29 is 14.1 Å². The van der Waals surface area contributed by atoms with E-state index in [4.69, 9.17) is 10.4 Å². The van der Waals surface area contributed by atoms with Crippen molar-refractivity contribution in [2.75, 3.05) is 5.75 Å². The summed E-state index contributed by atoms with van der Waals surface area (Å²) in [5, 5.41) is 17.3. The molecule has 0 saturated carbocycles. The van der Waals surface area contributed by atoms with Gasteiger partial charge in [0.05, 0.1) is 22.4 Å². The molecule has 0 radical (unpaired) electrons. The van der Waals surface area contributed by atoms with Crippen LogP contribution in [0.3, 0.4) is 0 Å². The number of hydrogen-bond donors (Lipinski definition) is 1. The van der Waals surface area contributed by atoms with Gasteiger partial charge in [0.1, 0.15) is 0 Å². The molecule has 1 rings (SSSR count). The molecule has 4 nitrogen and oxygen atoms in total. The van der Waals surface area contributed by atoms with Gasteiger partial charge in [-0.05, 0) is 47.0 Å². The van der Waals surface area contributed by atoms with E-state index >= 15 is 0 Å². The van der Waals surface area contributed by atoms with Crippen molar-refractivity contribution in [3.8, 4) is 6.07 Å². The zero-order valence-electron chi connectivity index (χ0n) is 9.56. The highest BCUT2D eigenvalue weighted by molar-refractivity contribution is 9.10. The molecule has 0 fully saturated rings. The van der Waals surface area contributed by atoms with Crippen LogP contribution in [0.15, 0.2) is 27.6 Å². The number of unbranched alkanes of at least 4 members (excludes halogenated alkanes) is 2. The number of aromatic carboxylic acids is 1. The van der Waals surface area contributed by atoms with Crippen molar-refractivity contribution in [3.05, 3.63) is 28.2 Å². The molecule has 96 valence electrons. The molecule has 0 amide bonds. The maximum Gasteiger partial charge on any atom is 0.336 e. The molecular formula is C12H12BrNO3S. The summed E-state index contributed by atoms with van der Waals surface area (Å²) in [4.78, 5) is 11.4. The Kier molecular flexibility index (Phi) is 6.02. The van der Waals surface area contributed by atoms with Crippen molar-refractivity contribution in [2.45, 2.75) is 24.2 Å². The fourth-order valence-corrected chi connectivity index (χ4v) is 2.95. The predicted molar refractivity (Wildman–Crippen MR) is 71.8 cm³/mol. The highest BCUT2D eigenvalue weighted by Gasteiger charge is 2.12. The third kappa shape index (κ3) is 4.24. The lowest BCUT2D eigenvalue weighted by Gasteiger charge is -2.04. The summed E-state index contributed by atoms with van der Waals surface area (Å²) >= 11 is 3.14. The second kappa shape index (κ2) is 7.29. The fourth-order valence-electron chi connectivity index (χ4n) is 1.36. The Morgan fingerprint density at radius 1 is 1.44 bits per heavy atom. The summed E-state index contributed by atoms with van der Waals surface area (Å²) in [6.07, 6.45) is 1.86. The van der Waals surface area contributed by atoms with Crippen LogP contribution in [0.1, 0.15) is 29.6 Å². The van der Waals surface area contributed by atoms with E-state index < -0.39 is 16.8 Å². The average Bonchev–Trinajstić information content (AvgIpc) is 2.34. The van der Waals surface area contributed by atoms with Crippen molar-refractivity contribution in [1.82, 2.24) is 0 Å². The Morgan fingerprint density at radius 2 is 2.17 bits per heavy atom. The molecule has 0 aliphatic carbocycles. The van der Waals surface area contributed by atoms with Crippen molar-refractivity contribution in [2.24, 2.45) is 0 Å². The van der Waals surface area contributed by atoms with E-state index in [1.165, 1.54) is 6.07 Å². The first-order valence-corrected chi connectivity index (χ1v) is 7.45. The van der Waals surface area contributed by atoms with E-state index in [9.17, 15) is 9.00 Å². The third-order valence-electron chi connectivity index (χ3n) is 2.30. The molecule has 18 heavy (non-hydrogen) atoms. The second-order valence-electron chi connectivity index (χ2n) is 3.61. The van der Waals surface area contributed by atoms with Crippen LogP contribution in [-0.2, 0) is 10.8 Å². The van der Waals surface area contributed by atoms with E-state index in [0.29, 0.717) is 34.4 Å². The summed E-state index contributed by atoms with van der Waals surface area (Å²) in [5.41, 5.74) is 0.109. The number of carbonyl (C=O) groups is 1. The molecule has 0 aliphatic rings. The van der Waals surface area contributed by atoms with Gasteiger partial charge in [0.15, 0.2) is 0 Å². The van der Waals surface area contributed by atoms with Crippen LogP contribution in [-0.4, -0.2) is 21.0 Å². The lowest BCUT2D eigenvalue weighted by Crippen LogP contribution is -2.03. The molecule has 1 aromatic rings. The molecule has 0 aromatic heterocycles. The molecular weight excluding hydrogens is 318 g/mol. The SMILES string of the molecule is N#CCCCCS(=O)c1ccc(Br)c(C(=O)O)c1. The van der Waals surface area contributed by atoms with Crippen molar-refractivity contribution >= 4 is 32.7 Å². The molecule has 0 heterocycles. The first kappa shape index (κ1) is 14.9. The monoisotopic (exact) mass is 329 g/mol. The zero-order chi connectivity index (χ0) is 13.5. The van der Waals surface area contributed by atoms with Crippen molar-refractivity contribution in [3.63, 3.8) is 0 Å². The standard InChI is InChI=1S/C12H12BrNO3S/c13-11-5-4-9(8-10(11)12(15)16)18(17)7-3-1-2-6-14/h4-5,8H,1-3,7H2,(H,15,16). The average molecular weight is 330 g/mol. The van der Waals surface area contributed by atoms with Crippen LogP contribution in [0.4, 0.5) is 0 Å². The topological polar surface area (TPSA) is 78.2 Å². The minimum atomic E-state index is -1.22. The minimum Gasteiger partial charge on any atom is -0.478 e. The number of halogens is 1. The van der Waals surface area contributed by atoms with E-state index in [-0.39, 0.29) is 5.56 Å². The molecule has 0 bridgehead atoms. The van der Waals surface area contributed by atoms with Gasteiger partial charge in [-0.3, -0.25) is 4.21 Å². The number of rotatable bonds is 6. The predicted octanol–water partition coefficient (Wildman–Crippen LogP) is 2.95. The second-order valence-corrected chi connectivity index (χ2v) is 6.04. The zero-order valence-corrected chi connectivity index (χ0v) is 12.0. The Bertz CT molecular complexity index is 511. The van der Waals surface area contributed by atoms with Crippen LogP contribution in [0.25, 0.3) is 0 Å². The normalized spacial score (nSPS) is 11.8. The van der Waals surface area contributed by atoms with Gasteiger partial charge in [0.25, 0.3) is 0 Å². The van der Waals surface area contributed by atoms with E-state index in [2.05, 4.69) is 15.9 Å². The number of hydrogen-bond acceptors (Lipinski definition) is 3. The largest absolute Gasteiger partial charge is 0.478 e. The first-order chi connectivity index (χ1) is 8.56. The number of benzene rings is 1. The summed E-state index contributed by atoms with van der Waals surface area (Å²) in [6.45, 7) is 0. The maximum absolute atomic E-state index is 11.9. The molecule has 1 atom stereocenters. The number of nitrogens with zero attached hydrogens (tertiary/aromatic N) is 1. The Hall–Kier alpha value is -1.19. The minimum absolute atomic E-state index is 0.109. The molecule has 0 saturated heterocycles. The Balaban J connectivity index is 2.72. The molecule has 0 aliphatic heterocycles. The maximum atomic E-state index is 11.9. The van der Waals surface area contributed by atoms with Gasteiger partial charge in [-0.15, -0.1) is 0 Å². The Morgan fingerprint density at radius 3 is 2.78 bits per heavy atom. The molecule has 6 heteroatoms. The summed E-state index contributed by atoms with van der Waals surface area (Å²) in [7, 11) is -1.22. The lowest BCUT2D eigenvalue weighted by atomic mass is 10.2. The number of carboxylic acid groups (broad SMARTS) is 1. The molecule has 1 unspecified atom stereocenters. The van der Waals surface area contributed by atoms with Gasteiger partial charge in [-0.2, -0.15) is 5.26 Å². The Labute approximate surface area is 116 Å². The van der Waals surface area contributed by atoms with E-state index in [1.54, 1.807) is 12.1 Å². The van der Waals surface area contributed by atoms with Gasteiger partial charge >= 0.3 is 5.97 Å². The highest BCUT2D eigenvalue weighted by atomic mass is 79.9. The van der Waals surface area contributed by atoms with Gasteiger partial charge in [-0.25, -0.2) is 4.79 Å². The van der Waals surface area contributed by atoms with Crippen LogP contribution in [0.5, 0.6) is 0 Å². The van der Waals surface area contributed by atoms with E-state index in [1.807, 2.05) is 6.07 Å². The van der Waals surface area contributed by atoms with Crippen molar-refractivity contribution in [1.29, 1.82) is 5.26 Å². The van der Waals surface area contributed by atoms with Crippen LogP contribution in [0, 0.1) is 11.3 Å². The van der Waals surface area contributed by atoms with Gasteiger partial charge in [0, 0.05) is 21.5 Å². The van der Waals surface area contributed by atoms with Crippen LogP contribution in [0.2, 0.25) is 0 Å². The highest BCUT2D eigenvalue weighted by Crippen LogP contribution is 2.20. The fraction of sp³-hybridized carbons (Fsp3) is 0.333. The lowest BCUT2D eigenvalue weighted by molar-refractivity contribution is 0.0695. The summed E-state index contributed by atoms with van der Waals surface area (Å²) in [5.74, 6) is -0.604. The number of nitriles is 1. The van der Waals surface area contributed by atoms with Crippen LogP contribution >= 0.6 is 15.9 Å². The van der Waals surface area contributed by atoms with Crippen LogP contribution < -0.4 is 0 Å².